The van der Waals surface area contributed by atoms with Crippen LogP contribution in [0.4, 0.5) is 0 Å². The van der Waals surface area contributed by atoms with Gasteiger partial charge in [-0.3, -0.25) is 4.55 Å². The summed E-state index contributed by atoms with van der Waals surface area (Å²) in [5.74, 6) is 0.634. The van der Waals surface area contributed by atoms with E-state index in [-0.39, 0.29) is 6.42 Å². The summed E-state index contributed by atoms with van der Waals surface area (Å²) in [5.41, 5.74) is 0.587. The van der Waals surface area contributed by atoms with E-state index in [0.29, 0.717) is 11.3 Å². The lowest BCUT2D eigenvalue weighted by Crippen LogP contribution is -2.36. The van der Waals surface area contributed by atoms with E-state index >= 15 is 0 Å². The van der Waals surface area contributed by atoms with E-state index in [2.05, 4.69) is 0 Å². The lowest BCUT2D eigenvalue weighted by molar-refractivity contribution is 0.132. The van der Waals surface area contributed by atoms with Crippen LogP contribution in [0.25, 0.3) is 0 Å². The Bertz CT molecular complexity index is 447. The highest BCUT2D eigenvalue weighted by Gasteiger charge is 2.35. The number of benzene rings is 1. The number of methoxy groups -OCH3 is 1. The van der Waals surface area contributed by atoms with Gasteiger partial charge in [-0.1, -0.05) is 12.1 Å². The number of rotatable bonds is 4. The molecule has 1 atom stereocenters. The third-order valence-electron chi connectivity index (χ3n) is 2.25. The van der Waals surface area contributed by atoms with Crippen LogP contribution in [0.1, 0.15) is 12.5 Å². The molecule has 6 heteroatoms. The Hall–Kier alpha value is -1.11. The highest BCUT2D eigenvalue weighted by molar-refractivity contribution is 7.87. The summed E-state index contributed by atoms with van der Waals surface area (Å²) < 4.78 is 35.5. The first kappa shape index (κ1) is 13.0. The Labute approximate surface area is 94.4 Å². The molecule has 1 aromatic rings. The monoisotopic (exact) mass is 246 g/mol. The summed E-state index contributed by atoms with van der Waals surface area (Å²) in [7, 11) is -2.97. The maximum absolute atomic E-state index is 10.9. The molecule has 0 radical (unpaired) electrons. The minimum absolute atomic E-state index is 0.185. The average molecular weight is 246 g/mol. The third kappa shape index (κ3) is 2.94. The van der Waals surface area contributed by atoms with Crippen LogP contribution in [-0.2, 0) is 16.5 Å². The molecule has 1 aromatic carbocycles. The molecule has 0 amide bonds. The summed E-state index contributed by atoms with van der Waals surface area (Å²) in [5, 5.41) is 9.56. The molecule has 5 nitrogen and oxygen atoms in total. The molecule has 0 heterocycles. The Balaban J connectivity index is 2.89. The molecule has 0 aromatic heterocycles. The molecule has 16 heavy (non-hydrogen) atoms. The average Bonchev–Trinajstić information content (AvgIpc) is 2.16. The lowest BCUT2D eigenvalue weighted by atomic mass is 10.1. The van der Waals surface area contributed by atoms with Gasteiger partial charge in [0.05, 0.1) is 7.11 Å². The molecule has 1 unspecified atom stereocenters. The van der Waals surface area contributed by atoms with Gasteiger partial charge in [-0.25, -0.2) is 0 Å². The van der Waals surface area contributed by atoms with Crippen LogP contribution in [0, 0.1) is 0 Å². The van der Waals surface area contributed by atoms with Gasteiger partial charge in [-0.2, -0.15) is 8.42 Å². The quantitative estimate of drug-likeness (QED) is 0.769. The van der Waals surface area contributed by atoms with Crippen molar-refractivity contribution >= 4 is 10.1 Å². The molecular weight excluding hydrogens is 232 g/mol. The van der Waals surface area contributed by atoms with E-state index in [1.165, 1.54) is 7.11 Å². The molecule has 0 aliphatic carbocycles. The second kappa shape index (κ2) is 4.40. The molecule has 0 saturated carbocycles. The van der Waals surface area contributed by atoms with Gasteiger partial charge in [0, 0.05) is 6.42 Å². The smallest absolute Gasteiger partial charge is 0.295 e. The first-order chi connectivity index (χ1) is 7.26. The number of hydrogen-bond donors (Lipinski definition) is 2. The van der Waals surface area contributed by atoms with Crippen molar-refractivity contribution in [3.8, 4) is 5.75 Å². The Kier molecular flexibility index (Phi) is 3.57. The highest BCUT2D eigenvalue weighted by atomic mass is 32.2. The van der Waals surface area contributed by atoms with Crippen LogP contribution >= 0.6 is 0 Å². The summed E-state index contributed by atoms with van der Waals surface area (Å²) in [6, 6.07) is 6.54. The van der Waals surface area contributed by atoms with Crippen molar-refractivity contribution in [2.24, 2.45) is 0 Å². The molecular formula is C10H14O5S. The van der Waals surface area contributed by atoms with E-state index in [4.69, 9.17) is 9.29 Å². The summed E-state index contributed by atoms with van der Waals surface area (Å²) >= 11 is 0. The van der Waals surface area contributed by atoms with E-state index in [0.717, 1.165) is 6.92 Å². The van der Waals surface area contributed by atoms with Crippen LogP contribution in [0.5, 0.6) is 5.75 Å². The van der Waals surface area contributed by atoms with Crippen molar-refractivity contribution in [2.45, 2.75) is 18.3 Å². The van der Waals surface area contributed by atoms with Crippen LogP contribution in [0.15, 0.2) is 24.3 Å². The maximum atomic E-state index is 10.9. The SMILES string of the molecule is COc1ccc(CC(C)(O)S(=O)(=O)O)cc1. The fourth-order valence-electron chi connectivity index (χ4n) is 1.21. The molecule has 0 spiro atoms. The topological polar surface area (TPSA) is 83.8 Å². The van der Waals surface area contributed by atoms with Crippen molar-refractivity contribution in [1.29, 1.82) is 0 Å². The molecule has 0 aliphatic rings. The number of hydrogen-bond acceptors (Lipinski definition) is 4. The fourth-order valence-corrected chi connectivity index (χ4v) is 1.56. The molecule has 90 valence electrons. The zero-order valence-corrected chi connectivity index (χ0v) is 9.86. The lowest BCUT2D eigenvalue weighted by Gasteiger charge is -2.19. The Morgan fingerprint density at radius 1 is 1.31 bits per heavy atom. The van der Waals surface area contributed by atoms with Gasteiger partial charge in [0.1, 0.15) is 5.75 Å². The minimum atomic E-state index is -4.49. The predicted octanol–water partition coefficient (Wildman–Crippen LogP) is 0.834. The molecule has 0 saturated heterocycles. The van der Waals surface area contributed by atoms with Crippen molar-refractivity contribution < 1.29 is 22.8 Å². The van der Waals surface area contributed by atoms with Crippen molar-refractivity contribution in [1.82, 2.24) is 0 Å². The van der Waals surface area contributed by atoms with Crippen molar-refractivity contribution in [3.05, 3.63) is 29.8 Å². The van der Waals surface area contributed by atoms with Crippen LogP contribution in [0.3, 0.4) is 0 Å². The number of ether oxygens (including phenoxy) is 1. The standard InChI is InChI=1S/C10H14O5S/c1-10(11,16(12,13)14)7-8-3-5-9(15-2)6-4-8/h3-6,11H,7H2,1-2H3,(H,12,13,14). The molecule has 0 fully saturated rings. The zero-order valence-electron chi connectivity index (χ0n) is 9.04. The first-order valence-corrected chi connectivity index (χ1v) is 6.02. The normalized spacial score (nSPS) is 15.5. The van der Waals surface area contributed by atoms with Gasteiger partial charge >= 0.3 is 0 Å². The Morgan fingerprint density at radius 2 is 1.81 bits per heavy atom. The van der Waals surface area contributed by atoms with Gasteiger partial charge in [-0.05, 0) is 24.6 Å². The fraction of sp³-hybridized carbons (Fsp3) is 0.400. The molecule has 0 aliphatic heterocycles. The Morgan fingerprint density at radius 3 is 2.19 bits per heavy atom. The molecule has 2 N–H and O–H groups in total. The third-order valence-corrected chi connectivity index (χ3v) is 3.50. The van der Waals surface area contributed by atoms with E-state index in [1.54, 1.807) is 24.3 Å². The number of aliphatic hydroxyl groups is 1. The van der Waals surface area contributed by atoms with Gasteiger partial charge < -0.3 is 9.84 Å². The van der Waals surface area contributed by atoms with Gasteiger partial charge in [-0.15, -0.1) is 0 Å². The van der Waals surface area contributed by atoms with Crippen LogP contribution < -0.4 is 4.74 Å². The molecule has 1 rings (SSSR count). The second-order valence-electron chi connectivity index (χ2n) is 3.67. The highest BCUT2D eigenvalue weighted by Crippen LogP contribution is 2.20. The maximum Gasteiger partial charge on any atom is 0.295 e. The second-order valence-corrected chi connectivity index (χ2v) is 5.50. The van der Waals surface area contributed by atoms with Crippen LogP contribution in [-0.4, -0.2) is 30.1 Å². The van der Waals surface area contributed by atoms with Crippen molar-refractivity contribution in [3.63, 3.8) is 0 Å². The predicted molar refractivity (Wildman–Crippen MR) is 58.9 cm³/mol. The zero-order chi connectivity index (χ0) is 12.4. The van der Waals surface area contributed by atoms with Crippen molar-refractivity contribution in [2.75, 3.05) is 7.11 Å². The van der Waals surface area contributed by atoms with E-state index in [9.17, 15) is 13.5 Å². The minimum Gasteiger partial charge on any atom is -0.497 e. The first-order valence-electron chi connectivity index (χ1n) is 4.58. The van der Waals surface area contributed by atoms with E-state index < -0.39 is 15.1 Å². The van der Waals surface area contributed by atoms with Crippen LogP contribution in [0.2, 0.25) is 0 Å². The van der Waals surface area contributed by atoms with E-state index in [1.807, 2.05) is 0 Å². The molecule has 0 bridgehead atoms. The van der Waals surface area contributed by atoms with Gasteiger partial charge in [0.2, 0.25) is 0 Å². The largest absolute Gasteiger partial charge is 0.497 e. The van der Waals surface area contributed by atoms with Gasteiger partial charge in [0.15, 0.2) is 4.93 Å². The van der Waals surface area contributed by atoms with Gasteiger partial charge in [0.25, 0.3) is 10.1 Å². The summed E-state index contributed by atoms with van der Waals surface area (Å²) in [6.07, 6.45) is -0.185. The summed E-state index contributed by atoms with van der Waals surface area (Å²) in [6.45, 7) is 1.05. The summed E-state index contributed by atoms with van der Waals surface area (Å²) in [4.78, 5) is -2.18.